The number of piperazine rings is 1. The van der Waals surface area contributed by atoms with Gasteiger partial charge in [-0.1, -0.05) is 38.1 Å². The molecule has 9 rings (SSSR count). The molecule has 5 aromatic rings. The molecule has 3 aromatic heterocycles. The highest BCUT2D eigenvalue weighted by molar-refractivity contribution is 7.90. The largest absolute Gasteiger partial charge is 0.455 e. The average Bonchev–Trinajstić information content (AvgIpc) is 3.69. The van der Waals surface area contributed by atoms with Crippen molar-refractivity contribution in [1.82, 2.24) is 29.5 Å². The molecule has 2 saturated heterocycles. The van der Waals surface area contributed by atoms with Crippen LogP contribution >= 0.6 is 0 Å². The molecule has 2 aromatic carbocycles. The Bertz CT molecular complexity index is 2800. The third kappa shape index (κ3) is 10.4. The lowest BCUT2D eigenvalue weighted by atomic mass is 9.59. The number of ether oxygens (including phenoxy) is 1. The summed E-state index contributed by atoms with van der Waals surface area (Å²) in [5, 5.41) is 25.6. The molecule has 0 unspecified atom stereocenters. The van der Waals surface area contributed by atoms with E-state index in [0.717, 1.165) is 76.4 Å². The van der Waals surface area contributed by atoms with Gasteiger partial charge in [0.2, 0.25) is 5.82 Å². The van der Waals surface area contributed by atoms with Crippen molar-refractivity contribution in [2.75, 3.05) is 62.7 Å². The van der Waals surface area contributed by atoms with Gasteiger partial charge in [0, 0.05) is 81.9 Å². The Morgan fingerprint density at radius 1 is 1.03 bits per heavy atom. The molecule has 4 fully saturated rings. The number of carbonyl (C=O) groups excluding carboxylic acids is 1. The van der Waals surface area contributed by atoms with Gasteiger partial charge in [-0.15, -0.1) is 0 Å². The smallest absolute Gasteiger partial charge is 0.312 e. The zero-order valence-electron chi connectivity index (χ0n) is 39.3. The number of alkyl halides is 1. The summed E-state index contributed by atoms with van der Waals surface area (Å²) < 4.78 is 64.0. The van der Waals surface area contributed by atoms with E-state index < -0.39 is 42.9 Å². The van der Waals surface area contributed by atoms with E-state index in [1.807, 2.05) is 4.72 Å². The number of halogens is 2. The van der Waals surface area contributed by atoms with Crippen molar-refractivity contribution in [2.45, 2.75) is 101 Å². The van der Waals surface area contributed by atoms with Gasteiger partial charge in [0.05, 0.1) is 33.9 Å². The number of hydrogen-bond acceptors (Lipinski definition) is 13. The number of nitro groups is 1. The van der Waals surface area contributed by atoms with E-state index in [1.165, 1.54) is 35.7 Å². The van der Waals surface area contributed by atoms with E-state index in [9.17, 15) is 37.2 Å². The zero-order valence-corrected chi connectivity index (χ0v) is 40.1. The Morgan fingerprint density at radius 2 is 1.78 bits per heavy atom. The lowest BCUT2D eigenvalue weighted by Gasteiger charge is -2.58. The molecule has 5 heterocycles. The van der Waals surface area contributed by atoms with Gasteiger partial charge in [-0.25, -0.2) is 31.9 Å². The molecular weight excluding hydrogens is 909 g/mol. The molecule has 1 atom stereocenters. The number of aromatic nitrogens is 3. The predicted molar refractivity (Wildman–Crippen MR) is 258 cm³/mol. The van der Waals surface area contributed by atoms with Gasteiger partial charge in [-0.2, -0.15) is 0 Å². The number of nitrogens with one attached hydrogen (secondary N) is 3. The van der Waals surface area contributed by atoms with E-state index in [1.54, 1.807) is 19.1 Å². The molecule has 69 heavy (non-hydrogen) atoms. The second-order valence-electron chi connectivity index (χ2n) is 20.1. The van der Waals surface area contributed by atoms with Crippen LogP contribution in [0.15, 0.2) is 78.1 Å². The summed E-state index contributed by atoms with van der Waals surface area (Å²) in [6.07, 6.45) is 10.1. The summed E-state index contributed by atoms with van der Waals surface area (Å²) in [6.45, 7) is 10.7. The van der Waals surface area contributed by atoms with E-state index in [0.29, 0.717) is 56.4 Å². The quantitative estimate of drug-likeness (QED) is 0.0576. The highest BCUT2D eigenvalue weighted by Gasteiger charge is 2.50. The molecule has 2 saturated carbocycles. The number of rotatable bonds is 15. The third-order valence-corrected chi connectivity index (χ3v) is 16.4. The number of nitrogens with zero attached hydrogens (tertiary/aromatic N) is 6. The van der Waals surface area contributed by atoms with Crippen LogP contribution in [0.25, 0.3) is 11.0 Å². The molecule has 2 aliphatic carbocycles. The lowest BCUT2D eigenvalue weighted by Crippen LogP contribution is -2.60. The van der Waals surface area contributed by atoms with Crippen LogP contribution in [0.4, 0.5) is 26.0 Å². The first kappa shape index (κ1) is 48.3. The fraction of sp³-hybridized carbons (Fsp3) is 0.500. The molecule has 2 aliphatic heterocycles. The van der Waals surface area contributed by atoms with Crippen LogP contribution in [-0.4, -0.2) is 113 Å². The minimum absolute atomic E-state index is 0.00575. The van der Waals surface area contributed by atoms with E-state index >= 15 is 0 Å². The van der Waals surface area contributed by atoms with E-state index in [2.05, 4.69) is 73.1 Å². The zero-order chi connectivity index (χ0) is 48.7. The molecule has 368 valence electrons. The monoisotopic (exact) mass is 969 g/mol. The Hall–Kier alpha value is -5.76. The normalized spacial score (nSPS) is 22.4. The van der Waals surface area contributed by atoms with Crippen LogP contribution in [0, 0.1) is 27.3 Å². The van der Waals surface area contributed by atoms with Crippen molar-refractivity contribution in [3.8, 4) is 11.5 Å². The Morgan fingerprint density at radius 3 is 2.51 bits per heavy atom. The maximum atomic E-state index is 14.7. The van der Waals surface area contributed by atoms with E-state index in [-0.39, 0.29) is 52.3 Å². The Balaban J connectivity index is 0.907. The van der Waals surface area contributed by atoms with Crippen LogP contribution in [0.1, 0.15) is 106 Å². The number of aliphatic hydroxyl groups is 1. The summed E-state index contributed by atoms with van der Waals surface area (Å²) in [6, 6.07) is 16.4. The number of fused-ring (bicyclic) bond motifs is 1. The van der Waals surface area contributed by atoms with Gasteiger partial charge < -0.3 is 25.0 Å². The molecule has 0 radical (unpaired) electrons. The van der Waals surface area contributed by atoms with Gasteiger partial charge in [-0.05, 0) is 105 Å². The van der Waals surface area contributed by atoms with Gasteiger partial charge in [0.25, 0.3) is 15.9 Å². The van der Waals surface area contributed by atoms with Crippen molar-refractivity contribution in [3.63, 3.8) is 0 Å². The molecule has 19 heteroatoms. The number of pyridine rings is 2. The number of hydrogen-bond donors (Lipinski definition) is 4. The van der Waals surface area contributed by atoms with Gasteiger partial charge in [-0.3, -0.25) is 24.7 Å². The number of anilines is 2. The molecule has 0 bridgehead atoms. The van der Waals surface area contributed by atoms with Crippen LogP contribution < -0.4 is 19.7 Å². The summed E-state index contributed by atoms with van der Waals surface area (Å²) in [4.78, 5) is 43.0. The van der Waals surface area contributed by atoms with Gasteiger partial charge >= 0.3 is 5.69 Å². The third-order valence-electron chi connectivity index (χ3n) is 15.1. The standard InChI is InChI=1S/C50H61F2N9O7S/c1-32(2)38-6-4-5-7-39(38)44-31-58(19-16-51)20-21-60(44)35-25-50(26-35)14-17-59(18-15-50)34-8-9-40(45(22-34)68-36-23-41-42(52)30-56-46(41)54-28-36)48(62)57-69(66,67)37-24-43(61(64)65)47(55-29-37)53-27-33-10-12-49(3,63)13-11-33/h4-9,22-24,28-30,32-33,35,44,63H,10-21,25-27,31H2,1-3H3,(H,53,55)(H,54,56)(H,57,62)/t33?,44-,49?/m0/s1. The minimum atomic E-state index is -4.70. The van der Waals surface area contributed by atoms with E-state index in [4.69, 9.17) is 4.74 Å². The SMILES string of the molecule is CC(C)c1ccccc1[C@@H]1CN(CCF)CCN1C1CC2(CCN(c3ccc(C(=O)NS(=O)(=O)c4cnc(NCC5CCC(C)(O)CC5)c([N+](=O)[O-])c4)c(Oc4cnc5[nH]cc(F)c5c4)c3)CC2)C1. The van der Waals surface area contributed by atoms with Gasteiger partial charge in [0.15, 0.2) is 0 Å². The van der Waals surface area contributed by atoms with Crippen molar-refractivity contribution < 1.29 is 36.8 Å². The first-order chi connectivity index (χ1) is 33.0. The van der Waals surface area contributed by atoms with Crippen molar-refractivity contribution in [2.24, 2.45) is 11.3 Å². The number of sulfonamides is 1. The average molecular weight is 970 g/mol. The second-order valence-corrected chi connectivity index (χ2v) is 21.8. The molecular formula is C50H61F2N9O7S. The molecule has 4 N–H and O–H groups in total. The van der Waals surface area contributed by atoms with Crippen molar-refractivity contribution in [3.05, 3.63) is 106 Å². The van der Waals surface area contributed by atoms with Crippen LogP contribution in [0.5, 0.6) is 11.5 Å². The Kier molecular flexibility index (Phi) is 13.7. The fourth-order valence-electron chi connectivity index (χ4n) is 11.0. The summed E-state index contributed by atoms with van der Waals surface area (Å²) in [5.74, 6) is -1.12. The maximum absolute atomic E-state index is 14.7. The highest BCUT2D eigenvalue weighted by Crippen LogP contribution is 2.53. The molecule has 4 aliphatic rings. The van der Waals surface area contributed by atoms with Gasteiger partial charge in [0.1, 0.15) is 34.5 Å². The summed E-state index contributed by atoms with van der Waals surface area (Å²) >= 11 is 0. The number of piperidine rings is 1. The number of amides is 1. The maximum Gasteiger partial charge on any atom is 0.312 e. The topological polar surface area (TPSA) is 199 Å². The van der Waals surface area contributed by atoms with Crippen molar-refractivity contribution >= 4 is 44.2 Å². The molecule has 1 amide bonds. The fourth-order valence-corrected chi connectivity index (χ4v) is 11.9. The molecule has 16 nitrogen and oxygen atoms in total. The lowest BCUT2D eigenvalue weighted by molar-refractivity contribution is -0.384. The van der Waals surface area contributed by atoms with Crippen molar-refractivity contribution in [1.29, 1.82) is 0 Å². The Labute approximate surface area is 401 Å². The number of carbonyl (C=O) groups is 1. The predicted octanol–water partition coefficient (Wildman–Crippen LogP) is 8.47. The molecule has 1 spiro atoms. The number of H-pyrrole nitrogens is 1. The highest BCUT2D eigenvalue weighted by atomic mass is 32.2. The summed E-state index contributed by atoms with van der Waals surface area (Å²) in [5.41, 5.74) is 2.40. The van der Waals surface area contributed by atoms with Crippen LogP contribution in [0.3, 0.4) is 0 Å². The number of benzene rings is 2. The second kappa shape index (κ2) is 19.6. The first-order valence-electron chi connectivity index (χ1n) is 24.0. The number of aromatic amines is 1. The summed E-state index contributed by atoms with van der Waals surface area (Å²) in [7, 11) is -4.70. The first-order valence-corrected chi connectivity index (χ1v) is 25.5. The van der Waals surface area contributed by atoms with Crippen LogP contribution in [-0.2, 0) is 10.0 Å². The minimum Gasteiger partial charge on any atom is -0.455 e. The van der Waals surface area contributed by atoms with Crippen LogP contribution in [0.2, 0.25) is 0 Å².